The van der Waals surface area contributed by atoms with Crippen molar-refractivity contribution in [3.05, 3.63) is 28.2 Å². The zero-order valence-corrected chi connectivity index (χ0v) is 9.45. The number of aromatic amines is 1. The minimum absolute atomic E-state index is 1.10. The number of aryl methyl sites for hydroxylation is 5. The van der Waals surface area contributed by atoms with Crippen LogP contribution in [0.5, 0.6) is 0 Å². The fourth-order valence-corrected chi connectivity index (χ4v) is 2.03. The summed E-state index contributed by atoms with van der Waals surface area (Å²) in [4.78, 5) is 7.93. The van der Waals surface area contributed by atoms with Crippen LogP contribution in [0.1, 0.15) is 28.2 Å². The highest BCUT2D eigenvalue weighted by molar-refractivity contribution is 5.89. The van der Waals surface area contributed by atoms with Crippen molar-refractivity contribution in [2.45, 2.75) is 34.6 Å². The number of hydrogen-bond donors (Lipinski definition) is 1. The van der Waals surface area contributed by atoms with Gasteiger partial charge in [0.2, 0.25) is 0 Å². The molecule has 0 saturated carbocycles. The number of rotatable bonds is 0. The van der Waals surface area contributed by atoms with Gasteiger partial charge in [0, 0.05) is 16.8 Å². The zero-order chi connectivity index (χ0) is 10.5. The van der Waals surface area contributed by atoms with E-state index in [2.05, 4.69) is 44.6 Å². The monoisotopic (exact) mass is 188 g/mol. The quantitative estimate of drug-likeness (QED) is 0.676. The van der Waals surface area contributed by atoms with Crippen LogP contribution in [0, 0.1) is 34.6 Å². The molecule has 2 heteroatoms. The van der Waals surface area contributed by atoms with Gasteiger partial charge in [-0.05, 0) is 45.7 Å². The third-order valence-electron chi connectivity index (χ3n) is 3.11. The molecule has 0 aromatic carbocycles. The lowest BCUT2D eigenvalue weighted by Crippen LogP contribution is -1.92. The van der Waals surface area contributed by atoms with Crippen LogP contribution in [0.4, 0.5) is 0 Å². The summed E-state index contributed by atoms with van der Waals surface area (Å²) in [6, 6.07) is 0. The van der Waals surface area contributed by atoms with E-state index in [-0.39, 0.29) is 0 Å². The van der Waals surface area contributed by atoms with Gasteiger partial charge >= 0.3 is 0 Å². The molecule has 0 atom stereocenters. The predicted molar refractivity (Wildman–Crippen MR) is 59.8 cm³/mol. The minimum Gasteiger partial charge on any atom is -0.357 e. The Kier molecular flexibility index (Phi) is 1.88. The SMILES string of the molecule is Cc1nc(C)c2[nH]c(C)c(C)c2c1C. The molecule has 2 aromatic rings. The van der Waals surface area contributed by atoms with Gasteiger partial charge in [-0.3, -0.25) is 4.98 Å². The van der Waals surface area contributed by atoms with Crippen LogP contribution in [0.2, 0.25) is 0 Å². The highest BCUT2D eigenvalue weighted by atomic mass is 14.8. The van der Waals surface area contributed by atoms with Gasteiger partial charge in [-0.1, -0.05) is 0 Å². The van der Waals surface area contributed by atoms with E-state index < -0.39 is 0 Å². The maximum absolute atomic E-state index is 4.52. The van der Waals surface area contributed by atoms with Crippen molar-refractivity contribution in [2.24, 2.45) is 0 Å². The topological polar surface area (TPSA) is 28.7 Å². The molecular weight excluding hydrogens is 172 g/mol. The van der Waals surface area contributed by atoms with E-state index in [4.69, 9.17) is 0 Å². The number of pyridine rings is 1. The number of nitrogens with zero attached hydrogens (tertiary/aromatic N) is 1. The van der Waals surface area contributed by atoms with E-state index in [1.807, 2.05) is 0 Å². The van der Waals surface area contributed by atoms with Crippen LogP contribution in [0.3, 0.4) is 0 Å². The molecule has 0 fully saturated rings. The number of H-pyrrole nitrogens is 1. The van der Waals surface area contributed by atoms with Gasteiger partial charge < -0.3 is 4.98 Å². The van der Waals surface area contributed by atoms with Crippen LogP contribution < -0.4 is 0 Å². The Balaban J connectivity index is 3.03. The Bertz CT molecular complexity index is 507. The van der Waals surface area contributed by atoms with Crippen LogP contribution in [0.25, 0.3) is 10.9 Å². The average molecular weight is 188 g/mol. The molecular formula is C12H16N2. The van der Waals surface area contributed by atoms with Crippen molar-refractivity contribution in [1.29, 1.82) is 0 Å². The molecule has 1 N–H and O–H groups in total. The summed E-state index contributed by atoms with van der Waals surface area (Å²) >= 11 is 0. The molecule has 0 bridgehead atoms. The molecule has 0 radical (unpaired) electrons. The average Bonchev–Trinajstić information content (AvgIpc) is 2.41. The largest absolute Gasteiger partial charge is 0.357 e. The fraction of sp³-hybridized carbons (Fsp3) is 0.417. The first-order valence-corrected chi connectivity index (χ1v) is 4.95. The first kappa shape index (κ1) is 9.25. The number of nitrogens with one attached hydrogen (secondary N) is 1. The smallest absolute Gasteiger partial charge is 0.0677 e. The lowest BCUT2D eigenvalue weighted by atomic mass is 10.1. The highest BCUT2D eigenvalue weighted by Crippen LogP contribution is 2.27. The first-order valence-electron chi connectivity index (χ1n) is 4.95. The Labute approximate surface area is 84.4 Å². The maximum atomic E-state index is 4.52. The van der Waals surface area contributed by atoms with Crippen molar-refractivity contribution in [1.82, 2.24) is 9.97 Å². The van der Waals surface area contributed by atoms with E-state index in [1.165, 1.54) is 27.7 Å². The van der Waals surface area contributed by atoms with Crippen LogP contribution in [-0.4, -0.2) is 9.97 Å². The molecule has 2 heterocycles. The Hall–Kier alpha value is -1.31. The molecule has 2 nitrogen and oxygen atoms in total. The number of fused-ring (bicyclic) bond motifs is 1. The van der Waals surface area contributed by atoms with Gasteiger partial charge in [-0.25, -0.2) is 0 Å². The van der Waals surface area contributed by atoms with E-state index in [9.17, 15) is 0 Å². The summed E-state index contributed by atoms with van der Waals surface area (Å²) in [5, 5.41) is 1.35. The molecule has 0 saturated heterocycles. The van der Waals surface area contributed by atoms with Crippen molar-refractivity contribution < 1.29 is 0 Å². The third-order valence-corrected chi connectivity index (χ3v) is 3.11. The summed E-state index contributed by atoms with van der Waals surface area (Å²) < 4.78 is 0. The molecule has 0 aliphatic carbocycles. The van der Waals surface area contributed by atoms with Crippen LogP contribution in [-0.2, 0) is 0 Å². The van der Waals surface area contributed by atoms with E-state index in [1.54, 1.807) is 0 Å². The summed E-state index contributed by atoms with van der Waals surface area (Å²) in [5.41, 5.74) is 7.33. The van der Waals surface area contributed by atoms with E-state index >= 15 is 0 Å². The Morgan fingerprint density at radius 1 is 0.857 bits per heavy atom. The summed E-state index contributed by atoms with van der Waals surface area (Å²) in [5.74, 6) is 0. The van der Waals surface area contributed by atoms with Gasteiger partial charge in [0.15, 0.2) is 0 Å². The maximum Gasteiger partial charge on any atom is 0.0677 e. The summed E-state index contributed by atoms with van der Waals surface area (Å²) in [6.07, 6.45) is 0. The summed E-state index contributed by atoms with van der Waals surface area (Å²) in [6.45, 7) is 10.6. The van der Waals surface area contributed by atoms with Gasteiger partial charge in [0.1, 0.15) is 0 Å². The molecule has 0 aliphatic heterocycles. The number of hydrogen-bond acceptors (Lipinski definition) is 1. The van der Waals surface area contributed by atoms with Crippen molar-refractivity contribution in [2.75, 3.05) is 0 Å². The Morgan fingerprint density at radius 3 is 2.14 bits per heavy atom. The first-order chi connectivity index (χ1) is 6.52. The molecule has 0 aliphatic rings. The molecule has 0 spiro atoms. The predicted octanol–water partition coefficient (Wildman–Crippen LogP) is 3.11. The van der Waals surface area contributed by atoms with E-state index in [0.717, 1.165) is 11.4 Å². The van der Waals surface area contributed by atoms with E-state index in [0.29, 0.717) is 0 Å². The minimum atomic E-state index is 1.10. The van der Waals surface area contributed by atoms with Gasteiger partial charge in [-0.2, -0.15) is 0 Å². The molecule has 0 unspecified atom stereocenters. The standard InChI is InChI=1S/C12H16N2/c1-6-8(3)13-10(5)12-11(6)7(2)9(4)14-12/h14H,1-5H3. The summed E-state index contributed by atoms with van der Waals surface area (Å²) in [7, 11) is 0. The zero-order valence-electron chi connectivity index (χ0n) is 9.45. The van der Waals surface area contributed by atoms with Crippen molar-refractivity contribution >= 4 is 10.9 Å². The number of aromatic nitrogens is 2. The van der Waals surface area contributed by atoms with Gasteiger partial charge in [0.05, 0.1) is 11.2 Å². The third kappa shape index (κ3) is 1.07. The van der Waals surface area contributed by atoms with Crippen molar-refractivity contribution in [3.8, 4) is 0 Å². The molecule has 74 valence electrons. The fourth-order valence-electron chi connectivity index (χ4n) is 2.03. The van der Waals surface area contributed by atoms with Crippen LogP contribution >= 0.6 is 0 Å². The molecule has 2 aromatic heterocycles. The van der Waals surface area contributed by atoms with Crippen molar-refractivity contribution in [3.63, 3.8) is 0 Å². The van der Waals surface area contributed by atoms with Crippen LogP contribution in [0.15, 0.2) is 0 Å². The lowest BCUT2D eigenvalue weighted by Gasteiger charge is -2.04. The second-order valence-corrected chi connectivity index (χ2v) is 4.03. The highest BCUT2D eigenvalue weighted by Gasteiger charge is 2.11. The molecule has 2 rings (SSSR count). The second kappa shape index (κ2) is 2.84. The molecule has 14 heavy (non-hydrogen) atoms. The van der Waals surface area contributed by atoms with Gasteiger partial charge in [-0.15, -0.1) is 0 Å². The normalized spacial score (nSPS) is 11.2. The second-order valence-electron chi connectivity index (χ2n) is 4.03. The Morgan fingerprint density at radius 2 is 1.50 bits per heavy atom. The molecule has 0 amide bonds. The lowest BCUT2D eigenvalue weighted by molar-refractivity contribution is 1.11. The van der Waals surface area contributed by atoms with Gasteiger partial charge in [0.25, 0.3) is 0 Å².